The smallest absolute Gasteiger partial charge is 0.276 e. The van der Waals surface area contributed by atoms with Crippen molar-refractivity contribution in [1.29, 1.82) is 0 Å². The highest BCUT2D eigenvalue weighted by molar-refractivity contribution is 6.11. The van der Waals surface area contributed by atoms with Crippen molar-refractivity contribution in [2.75, 3.05) is 11.9 Å². The van der Waals surface area contributed by atoms with Crippen molar-refractivity contribution in [2.45, 2.75) is 26.4 Å². The van der Waals surface area contributed by atoms with Gasteiger partial charge < -0.3 is 14.8 Å². The molecule has 0 saturated carbocycles. The number of benzene rings is 2. The van der Waals surface area contributed by atoms with E-state index < -0.39 is 0 Å². The van der Waals surface area contributed by atoms with E-state index in [4.69, 9.17) is 9.47 Å². The fourth-order valence-corrected chi connectivity index (χ4v) is 3.13. The van der Waals surface area contributed by atoms with Crippen molar-refractivity contribution in [3.05, 3.63) is 47.7 Å². The van der Waals surface area contributed by atoms with Crippen LogP contribution in [0.3, 0.4) is 0 Å². The van der Waals surface area contributed by atoms with Crippen molar-refractivity contribution in [2.24, 2.45) is 0 Å². The molecule has 0 spiro atoms. The van der Waals surface area contributed by atoms with Crippen molar-refractivity contribution >= 4 is 22.5 Å². The highest BCUT2D eigenvalue weighted by atomic mass is 16.5. The second-order valence-corrected chi connectivity index (χ2v) is 6.09. The fraction of sp³-hybridized carbons (Fsp3) is 0.263. The van der Waals surface area contributed by atoms with Crippen LogP contribution in [0.15, 0.2) is 36.4 Å². The molecule has 4 rings (SSSR count). The molecule has 1 amide bonds. The lowest BCUT2D eigenvalue weighted by Crippen LogP contribution is -2.14. The van der Waals surface area contributed by atoms with E-state index in [1.54, 1.807) is 0 Å². The molecule has 1 atom stereocenters. The number of amides is 1. The molecule has 6 heteroatoms. The zero-order valence-corrected chi connectivity index (χ0v) is 14.1. The van der Waals surface area contributed by atoms with Crippen molar-refractivity contribution in [3.63, 3.8) is 0 Å². The number of H-pyrrole nitrogens is 1. The minimum atomic E-state index is -0.288. The molecule has 2 heterocycles. The number of hydrogen-bond donors (Lipinski definition) is 2. The number of aromatic amines is 1. The zero-order valence-electron chi connectivity index (χ0n) is 14.1. The summed E-state index contributed by atoms with van der Waals surface area (Å²) in [6.45, 7) is 4.46. The lowest BCUT2D eigenvalue weighted by atomic mass is 10.1. The van der Waals surface area contributed by atoms with Gasteiger partial charge in [0.15, 0.2) is 5.69 Å². The fourth-order valence-electron chi connectivity index (χ4n) is 3.13. The van der Waals surface area contributed by atoms with Crippen LogP contribution >= 0.6 is 0 Å². The van der Waals surface area contributed by atoms with E-state index in [0.717, 1.165) is 28.6 Å². The number of hydrogen-bond acceptors (Lipinski definition) is 4. The minimum absolute atomic E-state index is 0.130. The second kappa shape index (κ2) is 6.12. The minimum Gasteiger partial charge on any atom is -0.492 e. The Balaban J connectivity index is 1.68. The third-order valence-corrected chi connectivity index (χ3v) is 4.23. The molecule has 0 saturated heterocycles. The van der Waals surface area contributed by atoms with E-state index in [1.165, 1.54) is 0 Å². The number of fused-ring (bicyclic) bond motifs is 2. The van der Waals surface area contributed by atoms with Gasteiger partial charge in [-0.1, -0.05) is 18.2 Å². The van der Waals surface area contributed by atoms with E-state index in [9.17, 15) is 4.79 Å². The highest BCUT2D eigenvalue weighted by Crippen LogP contribution is 2.38. The van der Waals surface area contributed by atoms with Crippen molar-refractivity contribution in [1.82, 2.24) is 10.2 Å². The van der Waals surface area contributed by atoms with Crippen LogP contribution in [0.4, 0.5) is 5.69 Å². The standard InChI is InChI=1S/C19H19N3O3/c1-3-24-17-9-12-8-11(2)25-16(12)10-15(17)20-19(23)18-13-6-4-5-7-14(13)21-22-18/h4-7,9-11H,3,8H2,1-2H3,(H,20,23)(H,21,22). The molecule has 0 fully saturated rings. The molecule has 1 aliphatic heterocycles. The summed E-state index contributed by atoms with van der Waals surface area (Å²) in [7, 11) is 0. The van der Waals surface area contributed by atoms with E-state index >= 15 is 0 Å². The number of carbonyl (C=O) groups is 1. The quantitative estimate of drug-likeness (QED) is 0.763. The summed E-state index contributed by atoms with van der Waals surface area (Å²) in [5, 5.41) is 10.7. The van der Waals surface area contributed by atoms with Crippen LogP contribution in [0.1, 0.15) is 29.9 Å². The first-order valence-corrected chi connectivity index (χ1v) is 8.36. The summed E-state index contributed by atoms with van der Waals surface area (Å²) in [6.07, 6.45) is 0.971. The summed E-state index contributed by atoms with van der Waals surface area (Å²) in [6, 6.07) is 11.3. The molecule has 25 heavy (non-hydrogen) atoms. The maximum Gasteiger partial charge on any atom is 0.276 e. The molecule has 0 bridgehead atoms. The van der Waals surface area contributed by atoms with Crippen LogP contribution in [0, 0.1) is 0 Å². The molecular weight excluding hydrogens is 318 g/mol. The molecule has 2 N–H and O–H groups in total. The van der Waals surface area contributed by atoms with Crippen LogP contribution in [-0.2, 0) is 6.42 Å². The topological polar surface area (TPSA) is 76.2 Å². The third-order valence-electron chi connectivity index (χ3n) is 4.23. The van der Waals surface area contributed by atoms with E-state index in [2.05, 4.69) is 15.5 Å². The molecule has 2 aromatic carbocycles. The number of nitrogens with one attached hydrogen (secondary N) is 2. The van der Waals surface area contributed by atoms with Crippen LogP contribution in [0.25, 0.3) is 10.9 Å². The predicted molar refractivity (Wildman–Crippen MR) is 95.5 cm³/mol. The Bertz CT molecular complexity index is 948. The molecule has 3 aromatic rings. The Morgan fingerprint density at radius 3 is 3.08 bits per heavy atom. The van der Waals surface area contributed by atoms with Gasteiger partial charge >= 0.3 is 0 Å². The zero-order chi connectivity index (χ0) is 17.4. The second-order valence-electron chi connectivity index (χ2n) is 6.09. The SMILES string of the molecule is CCOc1cc2c(cc1NC(=O)c1n[nH]c3ccccc13)OC(C)C2. The number of nitrogens with zero attached hydrogens (tertiary/aromatic N) is 1. The van der Waals surface area contributed by atoms with E-state index in [0.29, 0.717) is 23.7 Å². The maximum absolute atomic E-state index is 12.7. The normalized spacial score (nSPS) is 15.7. The van der Waals surface area contributed by atoms with Gasteiger partial charge in [0.25, 0.3) is 5.91 Å². The van der Waals surface area contributed by atoms with E-state index in [1.807, 2.05) is 50.2 Å². The summed E-state index contributed by atoms with van der Waals surface area (Å²) in [5.74, 6) is 1.15. The molecule has 1 aliphatic rings. The first-order valence-electron chi connectivity index (χ1n) is 8.36. The number of anilines is 1. The van der Waals surface area contributed by atoms with Crippen molar-refractivity contribution < 1.29 is 14.3 Å². The molecule has 1 unspecified atom stereocenters. The Morgan fingerprint density at radius 2 is 2.24 bits per heavy atom. The Labute approximate surface area is 145 Å². The molecule has 0 radical (unpaired) electrons. The Kier molecular flexibility index (Phi) is 3.80. The van der Waals surface area contributed by atoms with Crippen LogP contribution in [0.5, 0.6) is 11.5 Å². The summed E-state index contributed by atoms with van der Waals surface area (Å²) in [4.78, 5) is 12.7. The molecule has 1 aromatic heterocycles. The number of ether oxygens (including phenoxy) is 2. The Morgan fingerprint density at radius 1 is 1.40 bits per heavy atom. The lowest BCUT2D eigenvalue weighted by Gasteiger charge is -2.13. The monoisotopic (exact) mass is 337 g/mol. The van der Waals surface area contributed by atoms with Gasteiger partial charge in [-0.2, -0.15) is 5.10 Å². The largest absolute Gasteiger partial charge is 0.492 e. The molecule has 128 valence electrons. The average molecular weight is 337 g/mol. The van der Waals surface area contributed by atoms with Gasteiger partial charge in [-0.15, -0.1) is 0 Å². The van der Waals surface area contributed by atoms with Crippen LogP contribution in [0.2, 0.25) is 0 Å². The van der Waals surface area contributed by atoms with Crippen molar-refractivity contribution in [3.8, 4) is 11.5 Å². The number of aromatic nitrogens is 2. The predicted octanol–water partition coefficient (Wildman–Crippen LogP) is 3.54. The van der Waals surface area contributed by atoms with Gasteiger partial charge in [0.1, 0.15) is 17.6 Å². The summed E-state index contributed by atoms with van der Waals surface area (Å²) >= 11 is 0. The van der Waals surface area contributed by atoms with Gasteiger partial charge in [0.2, 0.25) is 0 Å². The van der Waals surface area contributed by atoms with Crippen LogP contribution in [-0.4, -0.2) is 28.8 Å². The summed E-state index contributed by atoms with van der Waals surface area (Å²) in [5.41, 5.74) is 2.86. The van der Waals surface area contributed by atoms with Gasteiger partial charge in [-0.3, -0.25) is 9.89 Å². The number of rotatable bonds is 4. The third kappa shape index (κ3) is 2.80. The molecule has 0 aliphatic carbocycles. The lowest BCUT2D eigenvalue weighted by molar-refractivity contribution is 0.102. The Hall–Kier alpha value is -3.02. The van der Waals surface area contributed by atoms with E-state index in [-0.39, 0.29) is 12.0 Å². The maximum atomic E-state index is 12.7. The molecule has 6 nitrogen and oxygen atoms in total. The van der Waals surface area contributed by atoms with Gasteiger partial charge in [-0.05, 0) is 26.0 Å². The highest BCUT2D eigenvalue weighted by Gasteiger charge is 2.23. The number of para-hydroxylation sites is 1. The first kappa shape index (κ1) is 15.5. The molecular formula is C19H19N3O3. The first-order chi connectivity index (χ1) is 12.2. The average Bonchev–Trinajstić information content (AvgIpc) is 3.17. The number of carbonyl (C=O) groups excluding carboxylic acids is 1. The van der Waals surface area contributed by atoms with Gasteiger partial charge in [-0.25, -0.2) is 0 Å². The van der Waals surface area contributed by atoms with Gasteiger partial charge in [0.05, 0.1) is 17.8 Å². The van der Waals surface area contributed by atoms with Gasteiger partial charge in [0, 0.05) is 23.4 Å². The summed E-state index contributed by atoms with van der Waals surface area (Å²) < 4.78 is 11.5. The van der Waals surface area contributed by atoms with Crippen LogP contribution < -0.4 is 14.8 Å².